The molecule has 64 valence electrons. The number of carbonyl (C=O) groups excluding carboxylic acids is 1. The average molecular weight is 277 g/mol. The highest BCUT2D eigenvalue weighted by Gasteiger charge is 2.05. The molecule has 0 aliphatic carbocycles. The summed E-state index contributed by atoms with van der Waals surface area (Å²) in [4.78, 5) is 15.0. The molecule has 1 heterocycles. The number of carbonyl (C=O) groups is 1. The summed E-state index contributed by atoms with van der Waals surface area (Å²) in [5, 5.41) is 0. The lowest BCUT2D eigenvalue weighted by Gasteiger charge is -2.00. The van der Waals surface area contributed by atoms with Crippen molar-refractivity contribution in [2.24, 2.45) is 0 Å². The van der Waals surface area contributed by atoms with Crippen molar-refractivity contribution in [1.29, 1.82) is 0 Å². The fourth-order valence-electron chi connectivity index (χ4n) is 0.738. The van der Waals surface area contributed by atoms with Crippen LogP contribution in [-0.2, 0) is 4.74 Å². The minimum atomic E-state index is -0.316. The lowest BCUT2D eigenvalue weighted by atomic mass is 10.3. The van der Waals surface area contributed by atoms with Gasteiger partial charge in [-0.2, -0.15) is 0 Å². The molecule has 0 bridgehead atoms. The van der Waals surface area contributed by atoms with Crippen LogP contribution in [0.4, 0.5) is 0 Å². The molecular weight excluding hydrogens is 269 g/mol. The van der Waals surface area contributed by atoms with Crippen LogP contribution in [0.1, 0.15) is 17.3 Å². The van der Waals surface area contributed by atoms with Crippen LogP contribution in [0.2, 0.25) is 0 Å². The summed E-state index contributed by atoms with van der Waals surface area (Å²) in [6, 6.07) is 1.74. The van der Waals surface area contributed by atoms with Crippen molar-refractivity contribution >= 4 is 28.6 Å². The zero-order valence-corrected chi connectivity index (χ0v) is 8.74. The fourth-order valence-corrected chi connectivity index (χ4v) is 1.23. The first-order chi connectivity index (χ1) is 5.74. The van der Waals surface area contributed by atoms with Crippen molar-refractivity contribution in [3.63, 3.8) is 0 Å². The molecule has 0 aliphatic rings. The van der Waals surface area contributed by atoms with Gasteiger partial charge in [0.1, 0.15) is 0 Å². The zero-order valence-electron chi connectivity index (χ0n) is 6.58. The highest BCUT2D eigenvalue weighted by atomic mass is 127. The van der Waals surface area contributed by atoms with Gasteiger partial charge in [-0.05, 0) is 35.6 Å². The third-order valence-electron chi connectivity index (χ3n) is 1.22. The van der Waals surface area contributed by atoms with Gasteiger partial charge in [0.05, 0.1) is 12.2 Å². The van der Waals surface area contributed by atoms with Gasteiger partial charge in [0, 0.05) is 16.0 Å². The average Bonchev–Trinajstić information content (AvgIpc) is 2.05. The first-order valence-corrected chi connectivity index (χ1v) is 4.59. The van der Waals surface area contributed by atoms with Crippen molar-refractivity contribution < 1.29 is 9.53 Å². The van der Waals surface area contributed by atoms with Gasteiger partial charge in [-0.15, -0.1) is 0 Å². The number of ether oxygens (including phenoxy) is 1. The Balaban J connectivity index is 2.81. The van der Waals surface area contributed by atoms with Crippen molar-refractivity contribution in [3.05, 3.63) is 27.6 Å². The minimum absolute atomic E-state index is 0.316. The molecule has 12 heavy (non-hydrogen) atoms. The van der Waals surface area contributed by atoms with Crippen molar-refractivity contribution in [2.45, 2.75) is 6.92 Å². The third-order valence-corrected chi connectivity index (χ3v) is 1.81. The van der Waals surface area contributed by atoms with Crippen molar-refractivity contribution in [2.75, 3.05) is 6.61 Å². The second kappa shape index (κ2) is 4.39. The summed E-state index contributed by atoms with van der Waals surface area (Å²) in [5.41, 5.74) is 0.503. The molecule has 3 nitrogen and oxygen atoms in total. The highest BCUT2D eigenvalue weighted by Crippen LogP contribution is 2.06. The van der Waals surface area contributed by atoms with Gasteiger partial charge in [-0.3, -0.25) is 4.98 Å². The summed E-state index contributed by atoms with van der Waals surface area (Å²) in [6.07, 6.45) is 3.18. The number of hydrogen-bond donors (Lipinski definition) is 0. The molecule has 0 amide bonds. The minimum Gasteiger partial charge on any atom is -0.462 e. The van der Waals surface area contributed by atoms with E-state index in [9.17, 15) is 4.79 Å². The summed E-state index contributed by atoms with van der Waals surface area (Å²) < 4.78 is 5.73. The van der Waals surface area contributed by atoms with Gasteiger partial charge in [0.15, 0.2) is 0 Å². The van der Waals surface area contributed by atoms with Crippen LogP contribution in [0.3, 0.4) is 0 Å². The molecule has 1 rings (SSSR count). The molecule has 0 fully saturated rings. The Labute approximate surface area is 84.3 Å². The van der Waals surface area contributed by atoms with E-state index in [0.29, 0.717) is 12.2 Å². The van der Waals surface area contributed by atoms with Gasteiger partial charge in [0.2, 0.25) is 0 Å². The normalized spacial score (nSPS) is 9.50. The number of esters is 1. The lowest BCUT2D eigenvalue weighted by molar-refractivity contribution is 0.0526. The topological polar surface area (TPSA) is 39.2 Å². The first-order valence-electron chi connectivity index (χ1n) is 3.51. The van der Waals surface area contributed by atoms with Gasteiger partial charge in [-0.25, -0.2) is 4.79 Å². The predicted octanol–water partition coefficient (Wildman–Crippen LogP) is 1.86. The van der Waals surface area contributed by atoms with E-state index >= 15 is 0 Å². The highest BCUT2D eigenvalue weighted by molar-refractivity contribution is 14.1. The Morgan fingerprint density at radius 1 is 1.67 bits per heavy atom. The number of nitrogens with zero attached hydrogens (tertiary/aromatic N) is 1. The third kappa shape index (κ3) is 2.44. The molecule has 0 saturated heterocycles. The molecule has 1 aromatic rings. The maximum absolute atomic E-state index is 11.1. The van der Waals surface area contributed by atoms with E-state index in [1.807, 2.05) is 0 Å². The SMILES string of the molecule is CCOC(=O)c1cncc(I)c1. The summed E-state index contributed by atoms with van der Waals surface area (Å²) in [5.74, 6) is -0.316. The summed E-state index contributed by atoms with van der Waals surface area (Å²) >= 11 is 2.10. The van der Waals surface area contributed by atoms with E-state index in [1.165, 1.54) is 6.20 Å². The number of halogens is 1. The lowest BCUT2D eigenvalue weighted by Crippen LogP contribution is -2.05. The van der Waals surface area contributed by atoms with E-state index < -0.39 is 0 Å². The Morgan fingerprint density at radius 2 is 2.42 bits per heavy atom. The number of hydrogen-bond acceptors (Lipinski definition) is 3. The standard InChI is InChI=1S/C8H8INO2/c1-2-12-8(11)6-3-7(9)5-10-4-6/h3-5H,2H2,1H3. The number of aromatic nitrogens is 1. The Morgan fingerprint density at radius 3 is 3.00 bits per heavy atom. The second-order valence-electron chi connectivity index (χ2n) is 2.11. The van der Waals surface area contributed by atoms with E-state index in [2.05, 4.69) is 27.6 Å². The van der Waals surface area contributed by atoms with Crippen molar-refractivity contribution in [3.8, 4) is 0 Å². The number of pyridine rings is 1. The molecule has 0 radical (unpaired) electrons. The van der Waals surface area contributed by atoms with Crippen LogP contribution in [-0.4, -0.2) is 17.6 Å². The largest absolute Gasteiger partial charge is 0.462 e. The van der Waals surface area contributed by atoms with Crippen LogP contribution in [0.5, 0.6) is 0 Å². The Bertz CT molecular complexity index is 288. The first kappa shape index (κ1) is 9.44. The van der Waals surface area contributed by atoms with E-state index in [-0.39, 0.29) is 5.97 Å². The van der Waals surface area contributed by atoms with Crippen molar-refractivity contribution in [1.82, 2.24) is 4.98 Å². The summed E-state index contributed by atoms with van der Waals surface area (Å²) in [7, 11) is 0. The van der Waals surface area contributed by atoms with Gasteiger partial charge in [-0.1, -0.05) is 0 Å². The van der Waals surface area contributed by atoms with Crippen LogP contribution < -0.4 is 0 Å². The molecule has 0 saturated carbocycles. The molecule has 0 spiro atoms. The molecule has 0 unspecified atom stereocenters. The van der Waals surface area contributed by atoms with Crippen LogP contribution in [0.15, 0.2) is 18.5 Å². The van der Waals surface area contributed by atoms with Crippen LogP contribution >= 0.6 is 22.6 Å². The maximum Gasteiger partial charge on any atom is 0.339 e. The molecule has 4 heteroatoms. The number of rotatable bonds is 2. The zero-order chi connectivity index (χ0) is 8.97. The van der Waals surface area contributed by atoms with Gasteiger partial charge in [0.25, 0.3) is 0 Å². The Kier molecular flexibility index (Phi) is 3.46. The molecule has 0 N–H and O–H groups in total. The maximum atomic E-state index is 11.1. The molecular formula is C8H8INO2. The molecule has 0 aliphatic heterocycles. The molecule has 1 aromatic heterocycles. The van der Waals surface area contributed by atoms with Gasteiger partial charge < -0.3 is 4.74 Å². The van der Waals surface area contributed by atoms with E-state index in [0.717, 1.165) is 3.57 Å². The summed E-state index contributed by atoms with van der Waals surface area (Å²) in [6.45, 7) is 2.17. The molecule has 0 atom stereocenters. The quantitative estimate of drug-likeness (QED) is 0.612. The monoisotopic (exact) mass is 277 g/mol. The smallest absolute Gasteiger partial charge is 0.339 e. The van der Waals surface area contributed by atoms with E-state index in [4.69, 9.17) is 4.74 Å². The predicted molar refractivity (Wildman–Crippen MR) is 52.9 cm³/mol. The Hall–Kier alpha value is -0.650. The van der Waals surface area contributed by atoms with E-state index in [1.54, 1.807) is 19.2 Å². The van der Waals surface area contributed by atoms with Crippen LogP contribution in [0.25, 0.3) is 0 Å². The van der Waals surface area contributed by atoms with Gasteiger partial charge >= 0.3 is 5.97 Å². The second-order valence-corrected chi connectivity index (χ2v) is 3.36. The van der Waals surface area contributed by atoms with Crippen LogP contribution in [0, 0.1) is 3.57 Å². The molecule has 0 aromatic carbocycles. The fraction of sp³-hybridized carbons (Fsp3) is 0.250.